The number of halogens is 1. The van der Waals surface area contributed by atoms with E-state index in [1.165, 1.54) is 34.9 Å². The topological polar surface area (TPSA) is 95.9 Å². The molecule has 1 aliphatic heterocycles. The maximum atomic E-state index is 11.8. The van der Waals surface area contributed by atoms with Crippen LogP contribution in [0.25, 0.3) is 0 Å². The fourth-order valence-electron chi connectivity index (χ4n) is 1.84. The Balaban J connectivity index is 1.74. The normalized spacial score (nSPS) is 14.0. The van der Waals surface area contributed by atoms with Gasteiger partial charge in [0.25, 0.3) is 5.91 Å². The third kappa shape index (κ3) is 4.83. The summed E-state index contributed by atoms with van der Waals surface area (Å²) in [5.74, 6) is -1.47. The Morgan fingerprint density at radius 3 is 2.83 bits per heavy atom. The standard InChI is InChI=1S/C14H13ClN2O5S2/c15-8-1-2-9(10(18)5-8)13(21)22-6-11(19)16-3-4-17-12(20)7-24-14(17)23/h1-2,5,18H,3-4,6-7H2,(H,16,19). The molecule has 0 bridgehead atoms. The van der Waals surface area contributed by atoms with Crippen LogP contribution in [0.4, 0.5) is 0 Å². The van der Waals surface area contributed by atoms with Crippen LogP contribution in [0.15, 0.2) is 18.2 Å². The summed E-state index contributed by atoms with van der Waals surface area (Å²) in [4.78, 5) is 36.3. The molecule has 2 rings (SSSR count). The molecule has 1 saturated heterocycles. The molecule has 0 aliphatic carbocycles. The highest BCUT2D eigenvalue weighted by Crippen LogP contribution is 2.22. The van der Waals surface area contributed by atoms with E-state index in [1.54, 1.807) is 0 Å². The third-order valence-electron chi connectivity index (χ3n) is 3.01. The minimum absolute atomic E-state index is 0.0859. The molecule has 0 unspecified atom stereocenters. The lowest BCUT2D eigenvalue weighted by molar-refractivity contribution is -0.126. The highest BCUT2D eigenvalue weighted by molar-refractivity contribution is 8.23. The van der Waals surface area contributed by atoms with Crippen molar-refractivity contribution in [3.8, 4) is 5.75 Å². The number of nitrogens with one attached hydrogen (secondary N) is 1. The summed E-state index contributed by atoms with van der Waals surface area (Å²) in [5, 5.41) is 12.4. The van der Waals surface area contributed by atoms with Crippen LogP contribution in [0.3, 0.4) is 0 Å². The molecule has 1 heterocycles. The minimum atomic E-state index is -0.841. The Morgan fingerprint density at radius 1 is 1.46 bits per heavy atom. The fourth-order valence-corrected chi connectivity index (χ4v) is 3.13. The van der Waals surface area contributed by atoms with Gasteiger partial charge in [-0.15, -0.1) is 0 Å². The number of phenolic OH excluding ortho intramolecular Hbond substituents is 1. The summed E-state index contributed by atoms with van der Waals surface area (Å²) >= 11 is 12.0. The van der Waals surface area contributed by atoms with Gasteiger partial charge in [-0.05, 0) is 18.2 Å². The SMILES string of the molecule is O=C(COC(=O)c1ccc(Cl)cc1O)NCCN1C(=O)CSC1=S. The zero-order valence-electron chi connectivity index (χ0n) is 12.3. The van der Waals surface area contributed by atoms with E-state index in [0.29, 0.717) is 10.1 Å². The highest BCUT2D eigenvalue weighted by Gasteiger charge is 2.26. The molecule has 0 atom stereocenters. The summed E-state index contributed by atoms with van der Waals surface area (Å²) in [5.41, 5.74) is -0.0859. The average molecular weight is 389 g/mol. The van der Waals surface area contributed by atoms with Gasteiger partial charge < -0.3 is 15.2 Å². The lowest BCUT2D eigenvalue weighted by Crippen LogP contribution is -2.38. The monoisotopic (exact) mass is 388 g/mol. The zero-order chi connectivity index (χ0) is 17.7. The number of nitrogens with zero attached hydrogens (tertiary/aromatic N) is 1. The predicted octanol–water partition coefficient (Wildman–Crippen LogP) is 1.18. The Hall–Kier alpha value is -1.84. The van der Waals surface area contributed by atoms with Gasteiger partial charge in [0.15, 0.2) is 6.61 Å². The lowest BCUT2D eigenvalue weighted by atomic mass is 10.2. The summed E-state index contributed by atoms with van der Waals surface area (Å²) in [6.07, 6.45) is 0. The zero-order valence-corrected chi connectivity index (χ0v) is 14.7. The maximum absolute atomic E-state index is 11.8. The first kappa shape index (κ1) is 18.5. The van der Waals surface area contributed by atoms with Crippen molar-refractivity contribution in [2.45, 2.75) is 0 Å². The van der Waals surface area contributed by atoms with Gasteiger partial charge in [0.2, 0.25) is 5.91 Å². The number of amides is 2. The number of aromatic hydroxyl groups is 1. The predicted molar refractivity (Wildman–Crippen MR) is 93.2 cm³/mol. The van der Waals surface area contributed by atoms with Gasteiger partial charge in [0, 0.05) is 18.1 Å². The number of carbonyl (C=O) groups is 3. The number of esters is 1. The number of thiocarbonyl (C=S) groups is 1. The van der Waals surface area contributed by atoms with Crippen molar-refractivity contribution >= 4 is 57.7 Å². The number of carbonyl (C=O) groups excluding carboxylic acids is 3. The molecule has 0 aromatic heterocycles. The summed E-state index contributed by atoms with van der Waals surface area (Å²) < 4.78 is 5.30. The molecule has 0 saturated carbocycles. The van der Waals surface area contributed by atoms with Crippen LogP contribution in [-0.2, 0) is 14.3 Å². The van der Waals surface area contributed by atoms with Gasteiger partial charge in [-0.25, -0.2) is 4.79 Å². The fraction of sp³-hybridized carbons (Fsp3) is 0.286. The van der Waals surface area contributed by atoms with E-state index >= 15 is 0 Å². The Kier molecular flexibility index (Phi) is 6.41. The summed E-state index contributed by atoms with van der Waals surface area (Å²) in [7, 11) is 0. The van der Waals surface area contributed by atoms with E-state index in [9.17, 15) is 19.5 Å². The van der Waals surface area contributed by atoms with Crippen molar-refractivity contribution in [2.24, 2.45) is 0 Å². The molecule has 2 N–H and O–H groups in total. The van der Waals surface area contributed by atoms with Crippen LogP contribution in [-0.4, -0.2) is 57.6 Å². The molecule has 2 amide bonds. The molecule has 0 radical (unpaired) electrons. The molecule has 128 valence electrons. The molecule has 7 nitrogen and oxygen atoms in total. The van der Waals surface area contributed by atoms with Gasteiger partial charge in [-0.3, -0.25) is 14.5 Å². The molecular formula is C14H13ClN2O5S2. The van der Waals surface area contributed by atoms with Gasteiger partial charge in [-0.1, -0.05) is 35.6 Å². The third-order valence-corrected chi connectivity index (χ3v) is 4.68. The first-order valence-corrected chi connectivity index (χ1v) is 8.55. The minimum Gasteiger partial charge on any atom is -0.507 e. The molecule has 24 heavy (non-hydrogen) atoms. The van der Waals surface area contributed by atoms with Crippen LogP contribution in [0, 0.1) is 0 Å². The van der Waals surface area contributed by atoms with Crippen molar-refractivity contribution < 1.29 is 24.2 Å². The van der Waals surface area contributed by atoms with Gasteiger partial charge in [0.05, 0.1) is 5.75 Å². The van der Waals surface area contributed by atoms with Crippen LogP contribution < -0.4 is 5.32 Å². The van der Waals surface area contributed by atoms with E-state index < -0.39 is 18.5 Å². The maximum Gasteiger partial charge on any atom is 0.342 e. The van der Waals surface area contributed by atoms with Crippen molar-refractivity contribution in [1.29, 1.82) is 0 Å². The average Bonchev–Trinajstić information content (AvgIpc) is 2.84. The second-order valence-electron chi connectivity index (χ2n) is 4.69. The summed E-state index contributed by atoms with van der Waals surface area (Å²) in [6.45, 7) is -0.0502. The number of phenols is 1. The highest BCUT2D eigenvalue weighted by atomic mass is 35.5. The largest absolute Gasteiger partial charge is 0.507 e. The van der Waals surface area contributed by atoms with E-state index in [1.807, 2.05) is 0 Å². The van der Waals surface area contributed by atoms with Gasteiger partial charge in [-0.2, -0.15) is 0 Å². The smallest absolute Gasteiger partial charge is 0.342 e. The van der Waals surface area contributed by atoms with Crippen molar-refractivity contribution in [3.63, 3.8) is 0 Å². The van der Waals surface area contributed by atoms with E-state index in [-0.39, 0.29) is 35.3 Å². The van der Waals surface area contributed by atoms with E-state index in [4.69, 9.17) is 28.6 Å². The Bertz CT molecular complexity index is 682. The van der Waals surface area contributed by atoms with Crippen LogP contribution in [0.5, 0.6) is 5.75 Å². The van der Waals surface area contributed by atoms with Crippen LogP contribution in [0.1, 0.15) is 10.4 Å². The van der Waals surface area contributed by atoms with Crippen LogP contribution in [0.2, 0.25) is 5.02 Å². The lowest BCUT2D eigenvalue weighted by Gasteiger charge is -2.15. The Morgan fingerprint density at radius 2 is 2.21 bits per heavy atom. The van der Waals surface area contributed by atoms with Crippen molar-refractivity contribution in [2.75, 3.05) is 25.4 Å². The van der Waals surface area contributed by atoms with E-state index in [0.717, 1.165) is 0 Å². The first-order chi connectivity index (χ1) is 11.4. The first-order valence-electron chi connectivity index (χ1n) is 6.78. The molecule has 10 heteroatoms. The molecule has 1 aromatic carbocycles. The second-order valence-corrected chi connectivity index (χ2v) is 6.73. The number of benzene rings is 1. The van der Waals surface area contributed by atoms with Gasteiger partial charge >= 0.3 is 5.97 Å². The second kappa shape index (κ2) is 8.32. The molecule has 1 aromatic rings. The number of thioether (sulfide) groups is 1. The van der Waals surface area contributed by atoms with Crippen molar-refractivity contribution in [1.82, 2.24) is 10.2 Å². The number of hydrogen-bond acceptors (Lipinski definition) is 7. The van der Waals surface area contributed by atoms with Gasteiger partial charge in [0.1, 0.15) is 15.6 Å². The quantitative estimate of drug-likeness (QED) is 0.558. The summed E-state index contributed by atoms with van der Waals surface area (Å²) in [6, 6.07) is 3.92. The van der Waals surface area contributed by atoms with E-state index in [2.05, 4.69) is 5.32 Å². The molecular weight excluding hydrogens is 376 g/mol. The number of rotatable bonds is 6. The Labute approximate surface area is 152 Å². The molecule has 1 fully saturated rings. The molecule has 0 spiro atoms. The van der Waals surface area contributed by atoms with Crippen molar-refractivity contribution in [3.05, 3.63) is 28.8 Å². The number of hydrogen-bond donors (Lipinski definition) is 2. The van der Waals surface area contributed by atoms with Crippen LogP contribution >= 0.6 is 35.6 Å². The number of ether oxygens (including phenoxy) is 1. The molecule has 1 aliphatic rings.